The molecule has 1 saturated heterocycles. The summed E-state index contributed by atoms with van der Waals surface area (Å²) in [6.07, 6.45) is 2.25. The van der Waals surface area contributed by atoms with E-state index in [0.29, 0.717) is 5.92 Å². The molecule has 1 amide bonds. The number of carbonyl (C=O) groups is 1. The highest BCUT2D eigenvalue weighted by Crippen LogP contribution is 2.23. The lowest BCUT2D eigenvalue weighted by molar-refractivity contribution is 0.102. The molecule has 4 nitrogen and oxygen atoms in total. The Hall–Kier alpha value is -2.33. The Morgan fingerprint density at radius 1 is 1.24 bits per heavy atom. The largest absolute Gasteiger partial charge is 0.378 e. The summed E-state index contributed by atoms with van der Waals surface area (Å²) in [5, 5.41) is 6.46. The average molecular weight is 337 g/mol. The first-order chi connectivity index (χ1) is 12.0. The van der Waals surface area contributed by atoms with Crippen LogP contribution in [0.3, 0.4) is 0 Å². The Kier molecular flexibility index (Phi) is 5.39. The topological polar surface area (TPSA) is 44.4 Å². The van der Waals surface area contributed by atoms with Gasteiger partial charge in [-0.3, -0.25) is 4.79 Å². The van der Waals surface area contributed by atoms with Gasteiger partial charge in [-0.25, -0.2) is 0 Å². The van der Waals surface area contributed by atoms with Crippen LogP contribution in [0.15, 0.2) is 42.5 Å². The highest BCUT2D eigenvalue weighted by atomic mass is 16.1. The van der Waals surface area contributed by atoms with Crippen LogP contribution in [0.25, 0.3) is 0 Å². The monoisotopic (exact) mass is 337 g/mol. The molecule has 2 aromatic carbocycles. The van der Waals surface area contributed by atoms with Crippen molar-refractivity contribution in [2.45, 2.75) is 19.8 Å². The number of amides is 1. The Morgan fingerprint density at radius 2 is 2.08 bits per heavy atom. The molecule has 0 aromatic heterocycles. The number of anilines is 2. The molecule has 1 heterocycles. The summed E-state index contributed by atoms with van der Waals surface area (Å²) in [5.74, 6) is 0.628. The second kappa shape index (κ2) is 7.70. The lowest BCUT2D eigenvalue weighted by atomic mass is 9.97. The zero-order valence-corrected chi connectivity index (χ0v) is 15.3. The second-order valence-electron chi connectivity index (χ2n) is 7.11. The summed E-state index contributed by atoms with van der Waals surface area (Å²) < 4.78 is 0. The Labute approximate surface area is 150 Å². The van der Waals surface area contributed by atoms with E-state index in [4.69, 9.17) is 0 Å². The van der Waals surface area contributed by atoms with Crippen molar-refractivity contribution >= 4 is 17.3 Å². The van der Waals surface area contributed by atoms with E-state index in [0.717, 1.165) is 42.0 Å². The summed E-state index contributed by atoms with van der Waals surface area (Å²) in [5.41, 5.74) is 4.95. The average Bonchev–Trinajstić information content (AvgIpc) is 3.09. The van der Waals surface area contributed by atoms with E-state index in [1.807, 2.05) is 56.3 Å². The van der Waals surface area contributed by atoms with Crippen LogP contribution in [0, 0.1) is 12.8 Å². The molecule has 0 radical (unpaired) electrons. The van der Waals surface area contributed by atoms with Crippen LogP contribution in [-0.2, 0) is 6.42 Å². The number of hydrogen-bond acceptors (Lipinski definition) is 3. The molecule has 2 N–H and O–H groups in total. The van der Waals surface area contributed by atoms with Gasteiger partial charge in [0.05, 0.1) is 0 Å². The molecule has 132 valence electrons. The van der Waals surface area contributed by atoms with Gasteiger partial charge in [-0.05, 0) is 74.2 Å². The van der Waals surface area contributed by atoms with Crippen molar-refractivity contribution in [3.05, 3.63) is 59.2 Å². The molecule has 1 atom stereocenters. The third kappa shape index (κ3) is 4.40. The fraction of sp³-hybridized carbons (Fsp3) is 0.381. The van der Waals surface area contributed by atoms with E-state index >= 15 is 0 Å². The van der Waals surface area contributed by atoms with Gasteiger partial charge in [0, 0.05) is 31.0 Å². The fourth-order valence-electron chi connectivity index (χ4n) is 3.28. The van der Waals surface area contributed by atoms with E-state index in [1.54, 1.807) is 0 Å². The molecule has 0 saturated carbocycles. The van der Waals surface area contributed by atoms with Crippen LogP contribution in [0.2, 0.25) is 0 Å². The van der Waals surface area contributed by atoms with Crippen molar-refractivity contribution in [3.8, 4) is 0 Å². The number of rotatable bonds is 5. The first-order valence-corrected chi connectivity index (χ1v) is 8.92. The van der Waals surface area contributed by atoms with E-state index in [-0.39, 0.29) is 5.91 Å². The van der Waals surface area contributed by atoms with Crippen molar-refractivity contribution in [1.29, 1.82) is 0 Å². The van der Waals surface area contributed by atoms with Crippen LogP contribution < -0.4 is 15.5 Å². The SMILES string of the molecule is Cc1ccc(N(C)C)cc1NC(=O)c1cccc(CC2CCNC2)c1. The summed E-state index contributed by atoms with van der Waals surface area (Å²) >= 11 is 0. The number of carbonyl (C=O) groups excluding carboxylic acids is 1. The minimum Gasteiger partial charge on any atom is -0.378 e. The Morgan fingerprint density at radius 3 is 2.80 bits per heavy atom. The van der Waals surface area contributed by atoms with Gasteiger partial charge < -0.3 is 15.5 Å². The quantitative estimate of drug-likeness (QED) is 0.878. The summed E-state index contributed by atoms with van der Waals surface area (Å²) in [6, 6.07) is 14.1. The zero-order valence-electron chi connectivity index (χ0n) is 15.3. The summed E-state index contributed by atoms with van der Waals surface area (Å²) in [7, 11) is 4.00. The zero-order chi connectivity index (χ0) is 17.8. The number of nitrogens with zero attached hydrogens (tertiary/aromatic N) is 1. The standard InChI is InChI=1S/C21H27N3O/c1-15-7-8-19(24(2)3)13-20(15)23-21(25)18-6-4-5-16(12-18)11-17-9-10-22-14-17/h4-8,12-13,17,22H,9-11,14H2,1-3H3,(H,23,25). The Balaban J connectivity index is 1.74. The molecule has 3 rings (SSSR count). The van der Waals surface area contributed by atoms with E-state index in [9.17, 15) is 4.79 Å². The van der Waals surface area contributed by atoms with Gasteiger partial charge in [0.15, 0.2) is 0 Å². The summed E-state index contributed by atoms with van der Waals surface area (Å²) in [6.45, 7) is 4.19. The number of benzene rings is 2. The van der Waals surface area contributed by atoms with Crippen LogP contribution >= 0.6 is 0 Å². The third-order valence-electron chi connectivity index (χ3n) is 4.86. The van der Waals surface area contributed by atoms with Gasteiger partial charge in [0.1, 0.15) is 0 Å². The first-order valence-electron chi connectivity index (χ1n) is 8.92. The second-order valence-corrected chi connectivity index (χ2v) is 7.11. The molecule has 0 bridgehead atoms. The van der Waals surface area contributed by atoms with Crippen molar-refractivity contribution in [3.63, 3.8) is 0 Å². The van der Waals surface area contributed by atoms with Crippen LogP contribution in [0.1, 0.15) is 27.9 Å². The molecule has 25 heavy (non-hydrogen) atoms. The predicted octanol–water partition coefficient (Wildman–Crippen LogP) is 3.47. The van der Waals surface area contributed by atoms with Gasteiger partial charge in [-0.1, -0.05) is 18.2 Å². The van der Waals surface area contributed by atoms with Gasteiger partial charge >= 0.3 is 0 Å². The van der Waals surface area contributed by atoms with Gasteiger partial charge in [0.25, 0.3) is 5.91 Å². The van der Waals surface area contributed by atoms with Gasteiger partial charge in [-0.15, -0.1) is 0 Å². The molecule has 1 aliphatic heterocycles. The van der Waals surface area contributed by atoms with Crippen LogP contribution in [0.4, 0.5) is 11.4 Å². The molecule has 0 spiro atoms. The van der Waals surface area contributed by atoms with E-state index in [1.165, 1.54) is 12.0 Å². The smallest absolute Gasteiger partial charge is 0.255 e. The molecule has 2 aromatic rings. The molecular weight excluding hydrogens is 310 g/mol. The van der Waals surface area contributed by atoms with E-state index < -0.39 is 0 Å². The fourth-order valence-corrected chi connectivity index (χ4v) is 3.28. The maximum absolute atomic E-state index is 12.7. The van der Waals surface area contributed by atoms with Gasteiger partial charge in [0.2, 0.25) is 0 Å². The number of hydrogen-bond donors (Lipinski definition) is 2. The molecule has 1 unspecified atom stereocenters. The highest BCUT2D eigenvalue weighted by Gasteiger charge is 2.16. The maximum Gasteiger partial charge on any atom is 0.255 e. The number of aryl methyl sites for hydroxylation is 1. The maximum atomic E-state index is 12.7. The van der Waals surface area contributed by atoms with Crippen molar-refractivity contribution in [2.24, 2.45) is 5.92 Å². The predicted molar refractivity (Wildman–Crippen MR) is 105 cm³/mol. The molecule has 1 aliphatic rings. The van der Waals surface area contributed by atoms with Crippen molar-refractivity contribution in [2.75, 3.05) is 37.4 Å². The molecular formula is C21H27N3O. The summed E-state index contributed by atoms with van der Waals surface area (Å²) in [4.78, 5) is 14.7. The lowest BCUT2D eigenvalue weighted by Gasteiger charge is -2.16. The molecule has 4 heteroatoms. The third-order valence-corrected chi connectivity index (χ3v) is 4.86. The normalized spacial score (nSPS) is 16.7. The minimum absolute atomic E-state index is 0.0506. The number of nitrogens with one attached hydrogen (secondary N) is 2. The van der Waals surface area contributed by atoms with Gasteiger partial charge in [-0.2, -0.15) is 0 Å². The van der Waals surface area contributed by atoms with E-state index in [2.05, 4.69) is 22.8 Å². The first kappa shape index (κ1) is 17.5. The van der Waals surface area contributed by atoms with Crippen molar-refractivity contribution in [1.82, 2.24) is 5.32 Å². The van der Waals surface area contributed by atoms with Crippen molar-refractivity contribution < 1.29 is 4.79 Å². The van der Waals surface area contributed by atoms with Crippen LogP contribution in [0.5, 0.6) is 0 Å². The Bertz CT molecular complexity index is 749. The molecule has 1 fully saturated rings. The van der Waals surface area contributed by atoms with Crippen LogP contribution in [-0.4, -0.2) is 33.1 Å². The minimum atomic E-state index is -0.0506. The highest BCUT2D eigenvalue weighted by molar-refractivity contribution is 6.05. The lowest BCUT2D eigenvalue weighted by Crippen LogP contribution is -2.15. The molecule has 0 aliphatic carbocycles.